The minimum absolute atomic E-state index is 0.163. The number of rotatable bonds is 18. The highest BCUT2D eigenvalue weighted by Gasteiger charge is 2.10. The van der Waals surface area contributed by atoms with Crippen molar-refractivity contribution in [2.24, 2.45) is 0 Å². The minimum atomic E-state index is -0.392. The Bertz CT molecular complexity index is 839. The standard InChI is InChI=1S/C31H44O4/c1-4-6-8-10-11-12-13-15-25-33-28-21-23-30(24-22-28)35-31(32)27-17-19-29(20-18-27)34-26(3)16-14-9-7-5-2/h15,17-26H,4-14,16H2,1-3H3. The Balaban J connectivity index is 1.70. The molecule has 0 aromatic heterocycles. The molecule has 4 nitrogen and oxygen atoms in total. The lowest BCUT2D eigenvalue weighted by molar-refractivity contribution is 0.0734. The van der Waals surface area contributed by atoms with E-state index in [2.05, 4.69) is 26.8 Å². The zero-order valence-corrected chi connectivity index (χ0v) is 22.0. The first-order valence-corrected chi connectivity index (χ1v) is 13.5. The van der Waals surface area contributed by atoms with Gasteiger partial charge in [0.15, 0.2) is 0 Å². The molecule has 1 atom stereocenters. The van der Waals surface area contributed by atoms with E-state index in [-0.39, 0.29) is 6.10 Å². The molecule has 0 heterocycles. The third-order valence-corrected chi connectivity index (χ3v) is 5.95. The summed E-state index contributed by atoms with van der Waals surface area (Å²) >= 11 is 0. The van der Waals surface area contributed by atoms with Crippen molar-refractivity contribution in [1.29, 1.82) is 0 Å². The maximum atomic E-state index is 12.5. The summed E-state index contributed by atoms with van der Waals surface area (Å²) in [5.74, 6) is 1.58. The van der Waals surface area contributed by atoms with Crippen LogP contribution >= 0.6 is 0 Å². The summed E-state index contributed by atoms with van der Waals surface area (Å²) in [5, 5.41) is 0. The van der Waals surface area contributed by atoms with Crippen molar-refractivity contribution in [2.45, 2.75) is 104 Å². The zero-order chi connectivity index (χ0) is 25.1. The first-order chi connectivity index (χ1) is 17.1. The first kappa shape index (κ1) is 28.5. The van der Waals surface area contributed by atoms with Gasteiger partial charge in [0.25, 0.3) is 0 Å². The predicted octanol–water partition coefficient (Wildman–Crippen LogP) is 9.29. The summed E-state index contributed by atoms with van der Waals surface area (Å²) in [5.41, 5.74) is 0.492. The predicted molar refractivity (Wildman–Crippen MR) is 144 cm³/mol. The Kier molecular flexibility index (Phi) is 14.4. The normalized spacial score (nSPS) is 12.0. The van der Waals surface area contributed by atoms with Crippen LogP contribution in [0.2, 0.25) is 0 Å². The quantitative estimate of drug-likeness (QED) is 0.0922. The van der Waals surface area contributed by atoms with Gasteiger partial charge >= 0.3 is 5.97 Å². The Morgan fingerprint density at radius 1 is 0.743 bits per heavy atom. The fourth-order valence-electron chi connectivity index (χ4n) is 3.81. The van der Waals surface area contributed by atoms with Crippen molar-refractivity contribution >= 4 is 5.97 Å². The molecule has 0 aliphatic carbocycles. The van der Waals surface area contributed by atoms with Crippen LogP contribution in [0, 0.1) is 0 Å². The Labute approximate surface area is 212 Å². The van der Waals surface area contributed by atoms with Gasteiger partial charge < -0.3 is 14.2 Å². The van der Waals surface area contributed by atoms with Crippen LogP contribution in [0.15, 0.2) is 60.9 Å². The van der Waals surface area contributed by atoms with Crippen LogP contribution in [-0.4, -0.2) is 12.1 Å². The van der Waals surface area contributed by atoms with Crippen molar-refractivity contribution < 1.29 is 19.0 Å². The van der Waals surface area contributed by atoms with Gasteiger partial charge in [0.2, 0.25) is 0 Å². The van der Waals surface area contributed by atoms with Crippen molar-refractivity contribution in [3.8, 4) is 17.2 Å². The number of benzene rings is 2. The van der Waals surface area contributed by atoms with Crippen LogP contribution in [0.5, 0.6) is 17.2 Å². The van der Waals surface area contributed by atoms with Crippen LogP contribution < -0.4 is 14.2 Å². The molecule has 0 saturated carbocycles. The summed E-state index contributed by atoms with van der Waals surface area (Å²) in [6.45, 7) is 6.54. The van der Waals surface area contributed by atoms with Crippen LogP contribution in [-0.2, 0) is 0 Å². The number of hydrogen-bond donors (Lipinski definition) is 0. The van der Waals surface area contributed by atoms with Gasteiger partial charge in [0.1, 0.15) is 17.2 Å². The molecular formula is C31H44O4. The topological polar surface area (TPSA) is 44.8 Å². The SMILES string of the molecule is CCCCCCCCC=COc1ccc(OC(=O)c2ccc(OC(C)CCCCCC)cc2)cc1. The molecule has 0 aliphatic rings. The summed E-state index contributed by atoms with van der Waals surface area (Å²) in [6, 6.07) is 14.2. The van der Waals surface area contributed by atoms with Gasteiger partial charge in [-0.25, -0.2) is 4.79 Å². The molecule has 0 bridgehead atoms. The van der Waals surface area contributed by atoms with Gasteiger partial charge in [-0.05, 0) is 87.2 Å². The van der Waals surface area contributed by atoms with Gasteiger partial charge in [-0.3, -0.25) is 0 Å². The van der Waals surface area contributed by atoms with E-state index in [4.69, 9.17) is 14.2 Å². The highest BCUT2D eigenvalue weighted by Crippen LogP contribution is 2.21. The van der Waals surface area contributed by atoms with Gasteiger partial charge in [-0.2, -0.15) is 0 Å². The first-order valence-electron chi connectivity index (χ1n) is 13.5. The molecule has 35 heavy (non-hydrogen) atoms. The summed E-state index contributed by atoms with van der Waals surface area (Å²) in [4.78, 5) is 12.5. The van der Waals surface area contributed by atoms with E-state index < -0.39 is 5.97 Å². The lowest BCUT2D eigenvalue weighted by Crippen LogP contribution is -2.12. The van der Waals surface area contributed by atoms with E-state index >= 15 is 0 Å². The van der Waals surface area contributed by atoms with Crippen molar-refractivity contribution in [3.63, 3.8) is 0 Å². The molecule has 0 fully saturated rings. The fraction of sp³-hybridized carbons (Fsp3) is 0.516. The number of carbonyl (C=O) groups is 1. The second-order valence-corrected chi connectivity index (χ2v) is 9.21. The fourth-order valence-corrected chi connectivity index (χ4v) is 3.81. The molecule has 0 radical (unpaired) electrons. The van der Waals surface area contributed by atoms with Crippen molar-refractivity contribution in [3.05, 3.63) is 66.4 Å². The van der Waals surface area contributed by atoms with Gasteiger partial charge in [0, 0.05) is 0 Å². The lowest BCUT2D eigenvalue weighted by Gasteiger charge is -2.14. The van der Waals surface area contributed by atoms with Crippen LogP contribution in [0.3, 0.4) is 0 Å². The maximum absolute atomic E-state index is 12.5. The van der Waals surface area contributed by atoms with E-state index in [0.29, 0.717) is 17.1 Å². The number of hydrogen-bond acceptors (Lipinski definition) is 4. The Hall–Kier alpha value is -2.75. The van der Waals surface area contributed by atoms with Crippen LogP contribution in [0.4, 0.5) is 0 Å². The molecule has 0 saturated heterocycles. The second-order valence-electron chi connectivity index (χ2n) is 9.21. The Morgan fingerprint density at radius 3 is 2.00 bits per heavy atom. The van der Waals surface area contributed by atoms with Gasteiger partial charge in [-0.15, -0.1) is 0 Å². The number of esters is 1. The van der Waals surface area contributed by atoms with Crippen LogP contribution in [0.1, 0.15) is 108 Å². The van der Waals surface area contributed by atoms with Crippen molar-refractivity contribution in [1.82, 2.24) is 0 Å². The summed E-state index contributed by atoms with van der Waals surface area (Å²) in [7, 11) is 0. The van der Waals surface area contributed by atoms with Crippen molar-refractivity contribution in [2.75, 3.05) is 0 Å². The third kappa shape index (κ3) is 12.5. The van der Waals surface area contributed by atoms with E-state index in [1.165, 1.54) is 64.2 Å². The summed E-state index contributed by atoms with van der Waals surface area (Å²) < 4.78 is 17.1. The van der Waals surface area contributed by atoms with E-state index in [0.717, 1.165) is 18.6 Å². The number of allylic oxidation sites excluding steroid dienone is 1. The minimum Gasteiger partial charge on any atom is -0.491 e. The van der Waals surface area contributed by atoms with E-state index in [1.54, 1.807) is 42.7 Å². The molecule has 0 aliphatic heterocycles. The number of carbonyl (C=O) groups excluding carboxylic acids is 1. The second kappa shape index (κ2) is 17.7. The highest BCUT2D eigenvalue weighted by atomic mass is 16.5. The molecule has 2 rings (SSSR count). The molecule has 192 valence electrons. The molecule has 0 amide bonds. The Morgan fingerprint density at radius 2 is 1.31 bits per heavy atom. The molecule has 2 aromatic carbocycles. The van der Waals surface area contributed by atoms with Gasteiger partial charge in [-0.1, -0.05) is 65.2 Å². The third-order valence-electron chi connectivity index (χ3n) is 5.95. The number of ether oxygens (including phenoxy) is 3. The highest BCUT2D eigenvalue weighted by molar-refractivity contribution is 5.91. The molecule has 0 spiro atoms. The number of unbranched alkanes of at least 4 members (excludes halogenated alkanes) is 9. The average molecular weight is 481 g/mol. The van der Waals surface area contributed by atoms with E-state index in [1.807, 2.05) is 12.1 Å². The van der Waals surface area contributed by atoms with Gasteiger partial charge in [0.05, 0.1) is 17.9 Å². The summed E-state index contributed by atoms with van der Waals surface area (Å²) in [6.07, 6.45) is 18.7. The van der Waals surface area contributed by atoms with E-state index in [9.17, 15) is 4.79 Å². The zero-order valence-electron chi connectivity index (χ0n) is 22.0. The average Bonchev–Trinajstić information content (AvgIpc) is 2.87. The van der Waals surface area contributed by atoms with Crippen LogP contribution in [0.25, 0.3) is 0 Å². The molecule has 2 aromatic rings. The largest absolute Gasteiger partial charge is 0.491 e. The smallest absolute Gasteiger partial charge is 0.343 e. The molecule has 4 heteroatoms. The monoisotopic (exact) mass is 480 g/mol. The molecule has 0 N–H and O–H groups in total. The maximum Gasteiger partial charge on any atom is 0.343 e. The lowest BCUT2D eigenvalue weighted by atomic mass is 10.1. The molecule has 1 unspecified atom stereocenters. The molecular weight excluding hydrogens is 436 g/mol.